The van der Waals surface area contributed by atoms with E-state index in [0.29, 0.717) is 12.2 Å². The smallest absolute Gasteiger partial charge is 0.251 e. The summed E-state index contributed by atoms with van der Waals surface area (Å²) in [5.74, 6) is 0.637. The molecule has 2 aromatic carbocycles. The molecule has 0 aromatic heterocycles. The van der Waals surface area contributed by atoms with Gasteiger partial charge in [0.15, 0.2) is 0 Å². The van der Waals surface area contributed by atoms with Gasteiger partial charge in [0, 0.05) is 30.8 Å². The van der Waals surface area contributed by atoms with E-state index in [4.69, 9.17) is 9.84 Å². The first-order valence-corrected chi connectivity index (χ1v) is 9.82. The number of benzene rings is 2. The van der Waals surface area contributed by atoms with Crippen LogP contribution in [0.1, 0.15) is 39.9 Å². The van der Waals surface area contributed by atoms with Crippen LogP contribution < -0.4 is 10.1 Å². The van der Waals surface area contributed by atoms with E-state index in [9.17, 15) is 4.79 Å². The molecular formula is C23H26N2O3. The highest BCUT2D eigenvalue weighted by Gasteiger charge is 2.25. The van der Waals surface area contributed by atoms with Crippen LogP contribution >= 0.6 is 0 Å². The Bertz CT molecular complexity index is 910. The van der Waals surface area contributed by atoms with Crippen LogP contribution in [0.3, 0.4) is 0 Å². The maximum absolute atomic E-state index is 12.5. The number of ether oxygens (including phenoxy) is 1. The minimum atomic E-state index is -0.179. The molecular weight excluding hydrogens is 352 g/mol. The van der Waals surface area contributed by atoms with E-state index < -0.39 is 0 Å². The van der Waals surface area contributed by atoms with Crippen molar-refractivity contribution < 1.29 is 14.6 Å². The van der Waals surface area contributed by atoms with Crippen molar-refractivity contribution in [3.05, 3.63) is 70.3 Å². The lowest BCUT2D eigenvalue weighted by Crippen LogP contribution is -2.27. The van der Waals surface area contributed by atoms with Crippen molar-refractivity contribution in [2.45, 2.75) is 19.4 Å². The number of likely N-dealkylation sites (tertiary alicyclic amines) is 1. The SMILES string of the molecule is CN1CCC(=C2c3ccccc3COc3ccc(C(=O)NCCO)cc32)CC1. The number of aliphatic hydroxyl groups is 1. The Hall–Kier alpha value is -2.63. The largest absolute Gasteiger partial charge is 0.488 e. The maximum Gasteiger partial charge on any atom is 0.251 e. The molecule has 0 spiro atoms. The predicted octanol–water partition coefficient (Wildman–Crippen LogP) is 2.83. The van der Waals surface area contributed by atoms with Gasteiger partial charge in [0.2, 0.25) is 0 Å². The molecule has 1 saturated heterocycles. The molecule has 2 aliphatic rings. The number of rotatable bonds is 3. The Balaban J connectivity index is 1.84. The zero-order chi connectivity index (χ0) is 19.5. The normalized spacial score (nSPS) is 16.6. The fraction of sp³-hybridized carbons (Fsp3) is 0.348. The molecule has 28 heavy (non-hydrogen) atoms. The number of piperidine rings is 1. The highest BCUT2D eigenvalue weighted by atomic mass is 16.5. The Morgan fingerprint density at radius 2 is 1.93 bits per heavy atom. The van der Waals surface area contributed by atoms with E-state index in [0.717, 1.165) is 37.2 Å². The van der Waals surface area contributed by atoms with Crippen LogP contribution in [0.15, 0.2) is 48.0 Å². The Morgan fingerprint density at radius 3 is 2.71 bits per heavy atom. The summed E-state index contributed by atoms with van der Waals surface area (Å²) < 4.78 is 6.12. The van der Waals surface area contributed by atoms with Gasteiger partial charge in [-0.1, -0.05) is 29.8 Å². The molecule has 0 aliphatic carbocycles. The van der Waals surface area contributed by atoms with Gasteiger partial charge >= 0.3 is 0 Å². The molecule has 5 nitrogen and oxygen atoms in total. The van der Waals surface area contributed by atoms with Crippen molar-refractivity contribution in [2.75, 3.05) is 33.3 Å². The molecule has 146 valence electrons. The number of carbonyl (C=O) groups is 1. The summed E-state index contributed by atoms with van der Waals surface area (Å²) in [6.45, 7) is 2.77. The van der Waals surface area contributed by atoms with Crippen molar-refractivity contribution >= 4 is 11.5 Å². The van der Waals surface area contributed by atoms with Crippen LogP contribution in [0.2, 0.25) is 0 Å². The molecule has 2 aromatic rings. The molecule has 4 rings (SSSR count). The van der Waals surface area contributed by atoms with Crippen molar-refractivity contribution in [3.63, 3.8) is 0 Å². The zero-order valence-electron chi connectivity index (χ0n) is 16.2. The molecule has 5 heteroatoms. The van der Waals surface area contributed by atoms with Crippen LogP contribution in [0.25, 0.3) is 5.57 Å². The fourth-order valence-electron chi connectivity index (χ4n) is 3.97. The second-order valence-electron chi connectivity index (χ2n) is 7.42. The van der Waals surface area contributed by atoms with Gasteiger partial charge in [0.05, 0.1) is 6.61 Å². The summed E-state index contributed by atoms with van der Waals surface area (Å²) in [6.07, 6.45) is 2.03. The number of amides is 1. The minimum Gasteiger partial charge on any atom is -0.488 e. The third kappa shape index (κ3) is 3.68. The summed E-state index contributed by atoms with van der Waals surface area (Å²) in [5, 5.41) is 11.7. The summed E-state index contributed by atoms with van der Waals surface area (Å²) in [4.78, 5) is 14.8. The van der Waals surface area contributed by atoms with E-state index in [1.54, 1.807) is 6.07 Å². The van der Waals surface area contributed by atoms with E-state index in [1.165, 1.54) is 22.3 Å². The average Bonchev–Trinajstić information content (AvgIpc) is 2.89. The molecule has 1 fully saturated rings. The molecule has 0 saturated carbocycles. The van der Waals surface area contributed by atoms with Gasteiger partial charge in [-0.25, -0.2) is 0 Å². The molecule has 0 radical (unpaired) electrons. The molecule has 0 atom stereocenters. The van der Waals surface area contributed by atoms with E-state index in [1.807, 2.05) is 18.2 Å². The number of fused-ring (bicyclic) bond motifs is 2. The van der Waals surface area contributed by atoms with Gasteiger partial charge in [-0.2, -0.15) is 0 Å². The molecule has 2 aliphatic heterocycles. The molecule has 0 bridgehead atoms. The summed E-state index contributed by atoms with van der Waals surface area (Å²) in [7, 11) is 2.16. The van der Waals surface area contributed by atoms with Crippen LogP contribution in [-0.2, 0) is 6.61 Å². The maximum atomic E-state index is 12.5. The monoisotopic (exact) mass is 378 g/mol. The fourth-order valence-corrected chi connectivity index (χ4v) is 3.97. The van der Waals surface area contributed by atoms with Gasteiger partial charge in [0.1, 0.15) is 12.4 Å². The second-order valence-corrected chi connectivity index (χ2v) is 7.42. The van der Waals surface area contributed by atoms with Crippen molar-refractivity contribution in [3.8, 4) is 5.75 Å². The first-order chi connectivity index (χ1) is 13.7. The van der Waals surface area contributed by atoms with Gasteiger partial charge in [0.25, 0.3) is 5.91 Å². The lowest BCUT2D eigenvalue weighted by Gasteiger charge is -2.27. The Labute approximate surface area is 165 Å². The number of nitrogens with zero attached hydrogens (tertiary/aromatic N) is 1. The topological polar surface area (TPSA) is 61.8 Å². The second kappa shape index (κ2) is 8.17. The quantitative estimate of drug-likeness (QED) is 0.862. The van der Waals surface area contributed by atoms with Gasteiger partial charge < -0.3 is 20.1 Å². The van der Waals surface area contributed by atoms with Crippen molar-refractivity contribution in [2.24, 2.45) is 0 Å². The van der Waals surface area contributed by atoms with Gasteiger partial charge in [-0.3, -0.25) is 4.79 Å². The zero-order valence-corrected chi connectivity index (χ0v) is 16.2. The van der Waals surface area contributed by atoms with Crippen LogP contribution in [0, 0.1) is 0 Å². The summed E-state index contributed by atoms with van der Waals surface area (Å²) in [5.41, 5.74) is 6.58. The number of nitrogens with one attached hydrogen (secondary N) is 1. The predicted molar refractivity (Wildman–Crippen MR) is 109 cm³/mol. The minimum absolute atomic E-state index is 0.0734. The summed E-state index contributed by atoms with van der Waals surface area (Å²) >= 11 is 0. The molecule has 2 N–H and O–H groups in total. The van der Waals surface area contributed by atoms with Crippen LogP contribution in [0.5, 0.6) is 5.75 Å². The average molecular weight is 378 g/mol. The molecule has 0 unspecified atom stereocenters. The standard InChI is InChI=1S/C23H26N2O3/c1-25-11-8-16(9-12-25)22-19-5-3-2-4-18(19)15-28-21-7-6-17(14-20(21)22)23(27)24-10-13-26/h2-7,14,26H,8-13,15H2,1H3,(H,24,27). The highest BCUT2D eigenvalue weighted by Crippen LogP contribution is 2.41. The lowest BCUT2D eigenvalue weighted by molar-refractivity contribution is 0.0944. The van der Waals surface area contributed by atoms with Gasteiger partial charge in [-0.15, -0.1) is 0 Å². The molecule has 2 heterocycles. The number of carbonyl (C=O) groups excluding carboxylic acids is 1. The van der Waals surface area contributed by atoms with E-state index >= 15 is 0 Å². The van der Waals surface area contributed by atoms with E-state index in [2.05, 4.69) is 35.5 Å². The first-order valence-electron chi connectivity index (χ1n) is 9.82. The van der Waals surface area contributed by atoms with Crippen LogP contribution in [-0.4, -0.2) is 49.2 Å². The molecule has 1 amide bonds. The number of hydrogen-bond donors (Lipinski definition) is 2. The third-order valence-corrected chi connectivity index (χ3v) is 5.52. The first kappa shape index (κ1) is 18.7. The van der Waals surface area contributed by atoms with Crippen LogP contribution in [0.4, 0.5) is 0 Å². The van der Waals surface area contributed by atoms with Gasteiger partial charge in [-0.05, 0) is 54.8 Å². The number of aliphatic hydroxyl groups excluding tert-OH is 1. The highest BCUT2D eigenvalue weighted by molar-refractivity contribution is 5.97. The summed E-state index contributed by atoms with van der Waals surface area (Å²) in [6, 6.07) is 14.0. The number of hydrogen-bond acceptors (Lipinski definition) is 4. The van der Waals surface area contributed by atoms with E-state index in [-0.39, 0.29) is 19.1 Å². The third-order valence-electron chi connectivity index (χ3n) is 5.52. The van der Waals surface area contributed by atoms with Crippen molar-refractivity contribution in [1.82, 2.24) is 10.2 Å². The Kier molecular flexibility index (Phi) is 5.46. The Morgan fingerprint density at radius 1 is 1.14 bits per heavy atom. The lowest BCUT2D eigenvalue weighted by atomic mass is 9.86. The van der Waals surface area contributed by atoms with Crippen molar-refractivity contribution in [1.29, 1.82) is 0 Å².